The Bertz CT molecular complexity index is 842. The third kappa shape index (κ3) is 4.29. The van der Waals surface area contributed by atoms with Crippen molar-refractivity contribution in [2.75, 3.05) is 11.6 Å². The summed E-state index contributed by atoms with van der Waals surface area (Å²) in [6.45, 7) is 8.33. The first kappa shape index (κ1) is 22.4. The minimum atomic E-state index is -0.588. The smallest absolute Gasteiger partial charge is 0.341 e. The van der Waals surface area contributed by atoms with Gasteiger partial charge in [0.25, 0.3) is 0 Å². The lowest BCUT2D eigenvalue weighted by Gasteiger charge is -2.52. The molecule has 0 unspecified atom stereocenters. The molecule has 31 heavy (non-hydrogen) atoms. The molecule has 0 amide bonds. The first-order valence-corrected chi connectivity index (χ1v) is 11.9. The largest absolute Gasteiger partial charge is 0.494 e. The van der Waals surface area contributed by atoms with Gasteiger partial charge in [0.15, 0.2) is 0 Å². The Morgan fingerprint density at radius 1 is 1.23 bits per heavy atom. The van der Waals surface area contributed by atoms with Crippen LogP contribution in [0.3, 0.4) is 0 Å². The Kier molecular flexibility index (Phi) is 6.23. The topological polar surface area (TPSA) is 63.7 Å². The molecule has 0 atom stereocenters. The zero-order valence-electron chi connectivity index (χ0n) is 19.0. The number of aromatic nitrogens is 1. The number of carbonyl (C=O) groups excluding carboxylic acids is 1. The van der Waals surface area contributed by atoms with E-state index in [1.54, 1.807) is 6.07 Å². The van der Waals surface area contributed by atoms with Crippen LogP contribution < -0.4 is 10.4 Å². The van der Waals surface area contributed by atoms with E-state index in [0.29, 0.717) is 24.3 Å². The van der Waals surface area contributed by atoms with Crippen LogP contribution in [0.15, 0.2) is 24.1 Å². The first-order valence-electron chi connectivity index (χ1n) is 11.6. The third-order valence-electron chi connectivity index (χ3n) is 6.62. The van der Waals surface area contributed by atoms with Gasteiger partial charge in [-0.2, -0.15) is 0 Å². The molecule has 3 aliphatic rings. The quantitative estimate of drug-likeness (QED) is 0.432. The van der Waals surface area contributed by atoms with Gasteiger partial charge in [0.05, 0.1) is 18.4 Å². The fourth-order valence-electron chi connectivity index (χ4n) is 4.69. The molecule has 0 spiro atoms. The van der Waals surface area contributed by atoms with E-state index in [2.05, 4.69) is 17.3 Å². The van der Waals surface area contributed by atoms with E-state index >= 15 is 0 Å². The summed E-state index contributed by atoms with van der Waals surface area (Å²) < 4.78 is 11.7. The first-order chi connectivity index (χ1) is 14.7. The number of nitrogens with zero attached hydrogens (tertiary/aromatic N) is 2. The lowest BCUT2D eigenvalue weighted by atomic mass is 9.59. The Morgan fingerprint density at radius 2 is 1.87 bits per heavy atom. The highest BCUT2D eigenvalue weighted by Crippen LogP contribution is 2.53. The molecule has 1 aromatic rings. The monoisotopic (exact) mass is 447 g/mol. The fourth-order valence-corrected chi connectivity index (χ4v) is 4.92. The van der Waals surface area contributed by atoms with E-state index in [-0.39, 0.29) is 16.3 Å². The molecule has 170 valence electrons. The Hall–Kier alpha value is -1.79. The van der Waals surface area contributed by atoms with Gasteiger partial charge in [-0.15, -0.1) is 0 Å². The van der Waals surface area contributed by atoms with Gasteiger partial charge in [-0.3, -0.25) is 5.01 Å². The van der Waals surface area contributed by atoms with Crippen LogP contribution in [0.5, 0.6) is 0 Å². The van der Waals surface area contributed by atoms with Crippen LogP contribution in [0, 0.1) is 11.8 Å². The number of hydrogen-bond acceptors (Lipinski definition) is 6. The van der Waals surface area contributed by atoms with Gasteiger partial charge < -0.3 is 9.47 Å². The van der Waals surface area contributed by atoms with Gasteiger partial charge in [-0.05, 0) is 76.8 Å². The third-order valence-corrected chi connectivity index (χ3v) is 6.91. The van der Waals surface area contributed by atoms with Crippen molar-refractivity contribution < 1.29 is 14.3 Å². The summed E-state index contributed by atoms with van der Waals surface area (Å²) in [5.74, 6) is 2.35. The average Bonchev–Trinajstić information content (AvgIpc) is 2.94. The van der Waals surface area contributed by atoms with Crippen molar-refractivity contribution in [3.8, 4) is 0 Å². The normalized spacial score (nSPS) is 21.3. The van der Waals surface area contributed by atoms with Crippen molar-refractivity contribution in [3.05, 3.63) is 34.8 Å². The molecule has 0 radical (unpaired) electrons. The minimum absolute atomic E-state index is 0.141. The molecule has 0 bridgehead atoms. The van der Waals surface area contributed by atoms with E-state index in [9.17, 15) is 4.79 Å². The Morgan fingerprint density at radius 3 is 2.35 bits per heavy atom. The number of halogens is 1. The molecular formula is C24H34ClN3O3. The maximum atomic E-state index is 12.5. The number of pyridine rings is 1. The number of carbonyl (C=O) groups is 1. The predicted molar refractivity (Wildman–Crippen MR) is 122 cm³/mol. The Labute approximate surface area is 190 Å². The number of nitrogens with one attached hydrogen (secondary N) is 1. The van der Waals surface area contributed by atoms with E-state index in [0.717, 1.165) is 12.2 Å². The molecule has 6 nitrogen and oxygen atoms in total. The summed E-state index contributed by atoms with van der Waals surface area (Å²) in [5, 5.41) is 2.08. The van der Waals surface area contributed by atoms with Crippen molar-refractivity contribution in [2.24, 2.45) is 11.8 Å². The van der Waals surface area contributed by atoms with Crippen LogP contribution in [-0.2, 0) is 9.47 Å². The second-order valence-corrected chi connectivity index (χ2v) is 10.3. The molecular weight excluding hydrogens is 414 g/mol. The molecule has 1 N–H and O–H groups in total. The van der Waals surface area contributed by atoms with Gasteiger partial charge >= 0.3 is 5.97 Å². The van der Waals surface area contributed by atoms with E-state index in [1.165, 1.54) is 38.5 Å². The maximum absolute atomic E-state index is 12.5. The SMILES string of the molecule is CCCOC1=CN(c2ccc(C(=O)OC(C)(C)C)c(Cl)n2)NC1(C1CCC1)C1CCC1. The molecule has 7 heteroatoms. The zero-order chi connectivity index (χ0) is 22.2. The summed E-state index contributed by atoms with van der Waals surface area (Å²) in [5.41, 5.74) is 3.30. The summed E-state index contributed by atoms with van der Waals surface area (Å²) in [4.78, 5) is 17.0. The van der Waals surface area contributed by atoms with Crippen LogP contribution in [0.1, 0.15) is 83.0 Å². The van der Waals surface area contributed by atoms with Crippen LogP contribution in [0.2, 0.25) is 5.15 Å². The van der Waals surface area contributed by atoms with Crippen LogP contribution in [-0.4, -0.2) is 28.7 Å². The molecule has 0 saturated heterocycles. The molecule has 2 saturated carbocycles. The lowest BCUT2D eigenvalue weighted by molar-refractivity contribution is 0.00693. The second kappa shape index (κ2) is 8.62. The van der Waals surface area contributed by atoms with Gasteiger partial charge in [0.2, 0.25) is 0 Å². The van der Waals surface area contributed by atoms with E-state index < -0.39 is 11.6 Å². The summed E-state index contributed by atoms with van der Waals surface area (Å²) in [6.07, 6.45) is 10.4. The van der Waals surface area contributed by atoms with Gasteiger partial charge in [-0.25, -0.2) is 15.2 Å². The molecule has 1 aromatic heterocycles. The highest BCUT2D eigenvalue weighted by atomic mass is 35.5. The molecule has 4 rings (SSSR count). The number of hydrogen-bond donors (Lipinski definition) is 1. The molecule has 2 aliphatic carbocycles. The van der Waals surface area contributed by atoms with E-state index in [4.69, 9.17) is 21.1 Å². The average molecular weight is 448 g/mol. The minimum Gasteiger partial charge on any atom is -0.494 e. The summed E-state index contributed by atoms with van der Waals surface area (Å²) in [6, 6.07) is 3.50. The number of esters is 1. The van der Waals surface area contributed by atoms with Crippen LogP contribution in [0.4, 0.5) is 5.82 Å². The van der Waals surface area contributed by atoms with E-state index in [1.807, 2.05) is 38.0 Å². The van der Waals surface area contributed by atoms with Crippen LogP contribution >= 0.6 is 11.6 Å². The van der Waals surface area contributed by atoms with Crippen LogP contribution in [0.25, 0.3) is 0 Å². The van der Waals surface area contributed by atoms with Crippen molar-refractivity contribution in [2.45, 2.75) is 83.8 Å². The van der Waals surface area contributed by atoms with Crippen molar-refractivity contribution >= 4 is 23.4 Å². The van der Waals surface area contributed by atoms with Gasteiger partial charge in [0, 0.05) is 0 Å². The number of rotatable bonds is 7. The van der Waals surface area contributed by atoms with Crippen molar-refractivity contribution in [1.29, 1.82) is 0 Å². The van der Waals surface area contributed by atoms with Crippen molar-refractivity contribution in [3.63, 3.8) is 0 Å². The molecule has 2 fully saturated rings. The zero-order valence-corrected chi connectivity index (χ0v) is 19.8. The van der Waals surface area contributed by atoms with Gasteiger partial charge in [0.1, 0.15) is 27.9 Å². The maximum Gasteiger partial charge on any atom is 0.341 e. The standard InChI is InChI=1S/C24H34ClN3O3/c1-5-14-30-19-15-28(27-24(19,16-8-6-9-16)17-10-7-11-17)20-13-12-18(21(25)26-20)22(29)31-23(2,3)4/h12-13,15-17,27H,5-11,14H2,1-4H3. The molecule has 2 heterocycles. The summed E-state index contributed by atoms with van der Waals surface area (Å²) >= 11 is 6.41. The number of ether oxygens (including phenoxy) is 2. The summed E-state index contributed by atoms with van der Waals surface area (Å²) in [7, 11) is 0. The van der Waals surface area contributed by atoms with Crippen molar-refractivity contribution in [1.82, 2.24) is 10.4 Å². The second-order valence-electron chi connectivity index (χ2n) is 9.96. The highest BCUT2D eigenvalue weighted by molar-refractivity contribution is 6.32. The Balaban J connectivity index is 1.61. The lowest BCUT2D eigenvalue weighted by Crippen LogP contribution is -2.62. The highest BCUT2D eigenvalue weighted by Gasteiger charge is 2.56. The number of hydrazine groups is 1. The molecule has 1 aliphatic heterocycles. The fraction of sp³-hybridized carbons (Fsp3) is 0.667. The number of anilines is 1. The van der Waals surface area contributed by atoms with Gasteiger partial charge in [-0.1, -0.05) is 31.4 Å². The predicted octanol–water partition coefficient (Wildman–Crippen LogP) is 5.62. The molecule has 0 aromatic carbocycles.